The monoisotopic (exact) mass is 235 g/mol. The number of aromatic nitrogens is 2. The summed E-state index contributed by atoms with van der Waals surface area (Å²) < 4.78 is 0. The van der Waals surface area contributed by atoms with Crippen LogP contribution in [0.3, 0.4) is 0 Å². The molecule has 2 rings (SSSR count). The molecule has 0 unspecified atom stereocenters. The summed E-state index contributed by atoms with van der Waals surface area (Å²) in [5, 5.41) is 0. The zero-order valence-corrected chi connectivity index (χ0v) is 10.9. The number of hydrogen-bond acceptors (Lipinski definition) is 3. The van der Waals surface area contributed by atoms with Crippen molar-refractivity contribution in [1.82, 2.24) is 9.97 Å². The van der Waals surface area contributed by atoms with Crippen LogP contribution >= 0.6 is 0 Å². The third kappa shape index (κ3) is 2.87. The minimum atomic E-state index is -0.0845. The van der Waals surface area contributed by atoms with Gasteiger partial charge in [-0.1, -0.05) is 20.8 Å². The van der Waals surface area contributed by atoms with Crippen molar-refractivity contribution < 1.29 is 0 Å². The maximum Gasteiger partial charge on any atom is 0.252 e. The average molecular weight is 235 g/mol. The molecule has 1 fully saturated rings. The molecule has 0 amide bonds. The highest BCUT2D eigenvalue weighted by Gasteiger charge is 2.19. The van der Waals surface area contributed by atoms with Crippen LogP contribution in [0.4, 0.5) is 5.95 Å². The lowest BCUT2D eigenvalue weighted by Gasteiger charge is -2.28. The Balaban J connectivity index is 2.34. The van der Waals surface area contributed by atoms with Crippen LogP contribution < -0.4 is 10.5 Å². The molecule has 94 valence electrons. The van der Waals surface area contributed by atoms with Gasteiger partial charge in [0.15, 0.2) is 0 Å². The van der Waals surface area contributed by atoms with E-state index in [4.69, 9.17) is 0 Å². The van der Waals surface area contributed by atoms with Gasteiger partial charge >= 0.3 is 0 Å². The van der Waals surface area contributed by atoms with Crippen LogP contribution in [-0.4, -0.2) is 23.1 Å². The first kappa shape index (κ1) is 12.1. The maximum absolute atomic E-state index is 11.7. The molecule has 0 aliphatic carbocycles. The van der Waals surface area contributed by atoms with Gasteiger partial charge in [0.25, 0.3) is 5.56 Å². The number of piperidine rings is 1. The van der Waals surface area contributed by atoms with Gasteiger partial charge in [-0.15, -0.1) is 0 Å². The van der Waals surface area contributed by atoms with Crippen molar-refractivity contribution in [2.75, 3.05) is 18.0 Å². The Morgan fingerprint density at radius 2 is 1.88 bits per heavy atom. The number of nitrogens with zero attached hydrogens (tertiary/aromatic N) is 2. The van der Waals surface area contributed by atoms with E-state index in [1.165, 1.54) is 19.3 Å². The smallest absolute Gasteiger partial charge is 0.252 e. The molecule has 0 bridgehead atoms. The standard InChI is InChI=1S/C13H21N3O/c1-13(2,3)10-9-11(17)15-12(14-10)16-7-5-4-6-8-16/h9H,4-8H2,1-3H3,(H,14,15,17). The van der Waals surface area contributed by atoms with Gasteiger partial charge in [-0.05, 0) is 19.3 Å². The van der Waals surface area contributed by atoms with Crippen LogP contribution in [0.5, 0.6) is 0 Å². The Bertz CT molecular complexity index is 439. The molecule has 1 N–H and O–H groups in total. The summed E-state index contributed by atoms with van der Waals surface area (Å²) in [6, 6.07) is 1.60. The van der Waals surface area contributed by atoms with Crippen LogP contribution in [0.1, 0.15) is 45.7 Å². The minimum Gasteiger partial charge on any atom is -0.342 e. The number of H-pyrrole nitrogens is 1. The summed E-state index contributed by atoms with van der Waals surface area (Å²) >= 11 is 0. The van der Waals surface area contributed by atoms with Gasteiger partial charge in [-0.25, -0.2) is 4.98 Å². The second-order valence-corrected chi connectivity index (χ2v) is 5.75. The predicted octanol–water partition coefficient (Wildman–Crippen LogP) is 2.06. The summed E-state index contributed by atoms with van der Waals surface area (Å²) in [6.07, 6.45) is 3.65. The number of hydrogen-bond donors (Lipinski definition) is 1. The Morgan fingerprint density at radius 1 is 1.24 bits per heavy atom. The van der Waals surface area contributed by atoms with Crippen LogP contribution in [0, 0.1) is 0 Å². The van der Waals surface area contributed by atoms with E-state index in [1.807, 2.05) is 0 Å². The molecule has 1 aromatic rings. The van der Waals surface area contributed by atoms with Crippen molar-refractivity contribution in [1.29, 1.82) is 0 Å². The van der Waals surface area contributed by atoms with Crippen molar-refractivity contribution in [2.45, 2.75) is 45.4 Å². The number of aromatic amines is 1. The van der Waals surface area contributed by atoms with Crippen molar-refractivity contribution >= 4 is 5.95 Å². The lowest BCUT2D eigenvalue weighted by molar-refractivity contribution is 0.546. The second kappa shape index (κ2) is 4.51. The fourth-order valence-electron chi connectivity index (χ4n) is 2.08. The zero-order valence-electron chi connectivity index (χ0n) is 10.9. The van der Waals surface area contributed by atoms with Crippen molar-refractivity contribution in [3.63, 3.8) is 0 Å². The lowest BCUT2D eigenvalue weighted by atomic mass is 9.92. The first-order valence-electron chi connectivity index (χ1n) is 6.33. The van der Waals surface area contributed by atoms with Gasteiger partial charge < -0.3 is 4.90 Å². The molecule has 0 aromatic carbocycles. The molecule has 4 heteroatoms. The van der Waals surface area contributed by atoms with E-state index in [0.717, 1.165) is 24.7 Å². The van der Waals surface area contributed by atoms with Crippen molar-refractivity contribution in [3.8, 4) is 0 Å². The van der Waals surface area contributed by atoms with E-state index in [2.05, 4.69) is 35.6 Å². The first-order valence-corrected chi connectivity index (χ1v) is 6.33. The van der Waals surface area contributed by atoms with Crippen LogP contribution in [-0.2, 0) is 5.41 Å². The molecule has 1 aromatic heterocycles. The highest BCUT2D eigenvalue weighted by molar-refractivity contribution is 5.32. The van der Waals surface area contributed by atoms with E-state index in [0.29, 0.717) is 0 Å². The summed E-state index contributed by atoms with van der Waals surface area (Å²) in [6.45, 7) is 8.23. The van der Waals surface area contributed by atoms with E-state index in [-0.39, 0.29) is 11.0 Å². The number of rotatable bonds is 1. The second-order valence-electron chi connectivity index (χ2n) is 5.75. The number of anilines is 1. The summed E-state index contributed by atoms with van der Waals surface area (Å²) in [4.78, 5) is 21.3. The number of nitrogens with one attached hydrogen (secondary N) is 1. The molecular weight excluding hydrogens is 214 g/mol. The molecule has 1 aliphatic rings. The Labute approximate surface area is 102 Å². The molecule has 2 heterocycles. The van der Waals surface area contributed by atoms with E-state index in [9.17, 15) is 4.79 Å². The normalized spacial score (nSPS) is 17.2. The van der Waals surface area contributed by atoms with Gasteiger partial charge in [0.05, 0.1) is 5.69 Å². The quantitative estimate of drug-likeness (QED) is 0.810. The molecule has 4 nitrogen and oxygen atoms in total. The van der Waals surface area contributed by atoms with Gasteiger partial charge in [0, 0.05) is 24.6 Å². The SMILES string of the molecule is CC(C)(C)c1cc(=O)[nH]c(N2CCCCC2)n1. The average Bonchev–Trinajstić information content (AvgIpc) is 2.28. The third-order valence-corrected chi connectivity index (χ3v) is 3.15. The molecule has 0 atom stereocenters. The summed E-state index contributed by atoms with van der Waals surface area (Å²) in [5.74, 6) is 0.738. The van der Waals surface area contributed by atoms with Gasteiger partial charge in [-0.3, -0.25) is 9.78 Å². The predicted molar refractivity (Wildman–Crippen MR) is 69.6 cm³/mol. The molecule has 0 radical (unpaired) electrons. The fraction of sp³-hybridized carbons (Fsp3) is 0.692. The molecule has 0 spiro atoms. The molecule has 0 saturated carbocycles. The summed E-state index contributed by atoms with van der Waals surface area (Å²) in [5.41, 5.74) is 0.728. The molecule has 1 saturated heterocycles. The van der Waals surface area contributed by atoms with E-state index in [1.54, 1.807) is 6.07 Å². The topological polar surface area (TPSA) is 49.0 Å². The fourth-order valence-corrected chi connectivity index (χ4v) is 2.08. The van der Waals surface area contributed by atoms with Gasteiger partial charge in [0.1, 0.15) is 0 Å². The van der Waals surface area contributed by atoms with E-state index < -0.39 is 0 Å². The van der Waals surface area contributed by atoms with Crippen molar-refractivity contribution in [3.05, 3.63) is 22.1 Å². The molecular formula is C13H21N3O. The van der Waals surface area contributed by atoms with Gasteiger partial charge in [0.2, 0.25) is 5.95 Å². The third-order valence-electron chi connectivity index (χ3n) is 3.15. The summed E-state index contributed by atoms with van der Waals surface area (Å²) in [7, 11) is 0. The molecule has 1 aliphatic heterocycles. The first-order chi connectivity index (χ1) is 7.97. The zero-order chi connectivity index (χ0) is 12.5. The van der Waals surface area contributed by atoms with Gasteiger partial charge in [-0.2, -0.15) is 0 Å². The van der Waals surface area contributed by atoms with Crippen LogP contribution in [0.2, 0.25) is 0 Å². The molecule has 17 heavy (non-hydrogen) atoms. The highest BCUT2D eigenvalue weighted by Crippen LogP contribution is 2.21. The maximum atomic E-state index is 11.7. The Morgan fingerprint density at radius 3 is 2.47 bits per heavy atom. The van der Waals surface area contributed by atoms with E-state index >= 15 is 0 Å². The minimum absolute atomic E-state index is 0.0505. The Hall–Kier alpha value is -1.32. The van der Waals surface area contributed by atoms with Crippen LogP contribution in [0.15, 0.2) is 10.9 Å². The highest BCUT2D eigenvalue weighted by atomic mass is 16.1. The largest absolute Gasteiger partial charge is 0.342 e. The lowest BCUT2D eigenvalue weighted by Crippen LogP contribution is -2.33. The Kier molecular flexibility index (Phi) is 3.22. The van der Waals surface area contributed by atoms with Crippen LogP contribution in [0.25, 0.3) is 0 Å². The van der Waals surface area contributed by atoms with Crippen molar-refractivity contribution in [2.24, 2.45) is 0 Å².